The van der Waals surface area contributed by atoms with Gasteiger partial charge in [-0.25, -0.2) is 9.97 Å². The van der Waals surface area contributed by atoms with Crippen molar-refractivity contribution in [1.82, 2.24) is 15.0 Å². The molecule has 1 atom stereocenters. The van der Waals surface area contributed by atoms with E-state index >= 15 is 0 Å². The summed E-state index contributed by atoms with van der Waals surface area (Å²) in [5.74, 6) is 0.733. The van der Waals surface area contributed by atoms with E-state index in [2.05, 4.69) is 16.9 Å². The highest BCUT2D eigenvalue weighted by molar-refractivity contribution is 6.34. The first-order chi connectivity index (χ1) is 9.25. The Hall–Kier alpha value is -1.39. The van der Waals surface area contributed by atoms with Crippen LogP contribution >= 0.6 is 11.6 Å². The molecule has 0 bridgehead atoms. The van der Waals surface area contributed by atoms with Gasteiger partial charge in [-0.05, 0) is 31.9 Å². The van der Waals surface area contributed by atoms with Crippen LogP contribution in [0.3, 0.4) is 0 Å². The lowest BCUT2D eigenvalue weighted by Crippen LogP contribution is -2.39. The van der Waals surface area contributed by atoms with Crippen LogP contribution in [0.1, 0.15) is 26.2 Å². The minimum Gasteiger partial charge on any atom is -0.405 e. The van der Waals surface area contributed by atoms with Gasteiger partial charge in [0.05, 0.1) is 10.9 Å². The first-order valence-corrected chi connectivity index (χ1v) is 6.97. The van der Waals surface area contributed by atoms with Crippen molar-refractivity contribution in [3.8, 4) is 5.75 Å². The Kier molecular flexibility index (Phi) is 3.53. The van der Waals surface area contributed by atoms with Crippen molar-refractivity contribution in [3.63, 3.8) is 0 Å². The monoisotopic (exact) mass is 277 g/mol. The third-order valence-electron chi connectivity index (χ3n) is 3.54. The van der Waals surface area contributed by atoms with Crippen LogP contribution in [0.2, 0.25) is 5.15 Å². The fourth-order valence-electron chi connectivity index (χ4n) is 2.45. The van der Waals surface area contributed by atoms with E-state index in [1.807, 2.05) is 23.3 Å². The predicted octanol–water partition coefficient (Wildman–Crippen LogP) is 3.45. The van der Waals surface area contributed by atoms with E-state index in [0.29, 0.717) is 11.2 Å². The zero-order chi connectivity index (χ0) is 13.2. The summed E-state index contributed by atoms with van der Waals surface area (Å²) in [4.78, 5) is 14.3. The second kappa shape index (κ2) is 5.31. The molecule has 1 aliphatic rings. The first kappa shape index (κ1) is 12.6. The fraction of sp³-hybridized carbons (Fsp3) is 0.429. The number of hydrogen-bond donors (Lipinski definition) is 0. The number of aromatic nitrogens is 2. The van der Waals surface area contributed by atoms with Gasteiger partial charge in [0.2, 0.25) is 0 Å². The predicted molar refractivity (Wildman–Crippen MR) is 75.2 cm³/mol. The number of nitrogens with zero attached hydrogens (tertiary/aromatic N) is 3. The van der Waals surface area contributed by atoms with E-state index in [-0.39, 0.29) is 0 Å². The lowest BCUT2D eigenvalue weighted by Gasteiger charge is -2.32. The van der Waals surface area contributed by atoms with Crippen LogP contribution in [0.25, 0.3) is 10.9 Å². The van der Waals surface area contributed by atoms with Crippen LogP contribution in [0.15, 0.2) is 24.5 Å². The summed E-state index contributed by atoms with van der Waals surface area (Å²) in [5.41, 5.74) is 0.808. The summed E-state index contributed by atoms with van der Waals surface area (Å²) in [7, 11) is 0. The Balaban J connectivity index is 1.96. The van der Waals surface area contributed by atoms with Crippen molar-refractivity contribution < 1.29 is 4.84 Å². The topological polar surface area (TPSA) is 38.2 Å². The van der Waals surface area contributed by atoms with Crippen LogP contribution in [0, 0.1) is 0 Å². The highest BCUT2D eigenvalue weighted by Crippen LogP contribution is 2.31. The van der Waals surface area contributed by atoms with Gasteiger partial charge in [0.1, 0.15) is 11.5 Å². The normalized spacial score (nSPS) is 20.6. The van der Waals surface area contributed by atoms with Crippen molar-refractivity contribution in [1.29, 1.82) is 0 Å². The van der Waals surface area contributed by atoms with Crippen molar-refractivity contribution >= 4 is 22.5 Å². The Morgan fingerprint density at radius 1 is 1.32 bits per heavy atom. The third kappa shape index (κ3) is 2.51. The van der Waals surface area contributed by atoms with Crippen molar-refractivity contribution in [2.24, 2.45) is 0 Å². The number of fused-ring (bicyclic) bond motifs is 1. The molecule has 0 amide bonds. The van der Waals surface area contributed by atoms with Crippen LogP contribution in [0.4, 0.5) is 0 Å². The van der Waals surface area contributed by atoms with Gasteiger partial charge >= 0.3 is 0 Å². The quantitative estimate of drug-likeness (QED) is 0.788. The van der Waals surface area contributed by atoms with Crippen molar-refractivity contribution in [2.75, 3.05) is 6.54 Å². The first-order valence-electron chi connectivity index (χ1n) is 6.59. The maximum absolute atomic E-state index is 6.17. The number of halogens is 1. The lowest BCUT2D eigenvalue weighted by molar-refractivity contribution is -0.105. The third-order valence-corrected chi connectivity index (χ3v) is 3.82. The van der Waals surface area contributed by atoms with Gasteiger partial charge in [-0.3, -0.25) is 0 Å². The van der Waals surface area contributed by atoms with Gasteiger partial charge in [0.25, 0.3) is 0 Å². The van der Waals surface area contributed by atoms with E-state index in [1.54, 1.807) is 0 Å². The van der Waals surface area contributed by atoms with E-state index in [4.69, 9.17) is 16.4 Å². The molecule has 1 aliphatic heterocycles. The number of hydroxylamine groups is 2. The van der Waals surface area contributed by atoms with Crippen LogP contribution in [-0.2, 0) is 0 Å². The Bertz CT molecular complexity index is 585. The van der Waals surface area contributed by atoms with Gasteiger partial charge in [0.15, 0.2) is 5.75 Å². The Labute approximate surface area is 117 Å². The molecule has 5 heteroatoms. The maximum atomic E-state index is 6.17. The highest BCUT2D eigenvalue weighted by atomic mass is 35.5. The molecule has 0 radical (unpaired) electrons. The molecular formula is C14H16ClN3O. The van der Waals surface area contributed by atoms with Crippen molar-refractivity contribution in [3.05, 3.63) is 29.7 Å². The Morgan fingerprint density at radius 2 is 2.21 bits per heavy atom. The zero-order valence-corrected chi connectivity index (χ0v) is 11.6. The molecule has 0 spiro atoms. The average Bonchev–Trinajstić information content (AvgIpc) is 2.42. The molecule has 1 saturated heterocycles. The molecule has 4 nitrogen and oxygen atoms in total. The Morgan fingerprint density at radius 3 is 3.05 bits per heavy atom. The van der Waals surface area contributed by atoms with E-state index in [1.165, 1.54) is 19.2 Å². The molecule has 1 aromatic heterocycles. The van der Waals surface area contributed by atoms with Gasteiger partial charge in [-0.15, -0.1) is 5.06 Å². The molecule has 0 N–H and O–H groups in total. The summed E-state index contributed by atoms with van der Waals surface area (Å²) in [6.07, 6.45) is 5.06. The fourth-order valence-corrected chi connectivity index (χ4v) is 2.68. The second-order valence-electron chi connectivity index (χ2n) is 4.89. The number of piperidine rings is 1. The minimum absolute atomic E-state index is 0.424. The summed E-state index contributed by atoms with van der Waals surface area (Å²) >= 11 is 6.17. The SMILES string of the molecule is CC1CCCCN1Oc1cccc2ncnc(Cl)c12. The molecule has 1 aromatic carbocycles. The number of benzene rings is 1. The number of rotatable bonds is 2. The molecule has 3 rings (SSSR count). The second-order valence-corrected chi connectivity index (χ2v) is 5.25. The molecule has 100 valence electrons. The number of hydrogen-bond acceptors (Lipinski definition) is 4. The molecule has 0 saturated carbocycles. The molecule has 1 fully saturated rings. The summed E-state index contributed by atoms with van der Waals surface area (Å²) in [6, 6.07) is 6.18. The molecule has 0 aliphatic carbocycles. The molecule has 19 heavy (non-hydrogen) atoms. The molecule has 2 heterocycles. The summed E-state index contributed by atoms with van der Waals surface area (Å²) in [6.45, 7) is 3.13. The van der Waals surface area contributed by atoms with Gasteiger partial charge < -0.3 is 4.84 Å². The van der Waals surface area contributed by atoms with E-state index in [9.17, 15) is 0 Å². The highest BCUT2D eigenvalue weighted by Gasteiger charge is 2.21. The van der Waals surface area contributed by atoms with Crippen LogP contribution < -0.4 is 4.84 Å². The minimum atomic E-state index is 0.424. The standard InChI is InChI=1S/C14H16ClN3O/c1-10-5-2-3-8-18(10)19-12-7-4-6-11-13(12)14(15)17-9-16-11/h4,6-7,9-10H,2-3,5,8H2,1H3. The smallest absolute Gasteiger partial charge is 0.159 e. The van der Waals surface area contributed by atoms with Gasteiger partial charge in [-0.2, -0.15) is 0 Å². The van der Waals surface area contributed by atoms with Crippen LogP contribution in [0.5, 0.6) is 5.75 Å². The van der Waals surface area contributed by atoms with E-state index in [0.717, 1.165) is 29.6 Å². The van der Waals surface area contributed by atoms with Crippen molar-refractivity contribution in [2.45, 2.75) is 32.2 Å². The molecule has 2 aromatic rings. The summed E-state index contributed by atoms with van der Waals surface area (Å²) < 4.78 is 0. The molecule has 1 unspecified atom stereocenters. The van der Waals surface area contributed by atoms with Gasteiger partial charge in [-0.1, -0.05) is 24.1 Å². The maximum Gasteiger partial charge on any atom is 0.159 e. The molecular weight excluding hydrogens is 262 g/mol. The summed E-state index contributed by atoms with van der Waals surface area (Å²) in [5, 5.41) is 3.25. The largest absolute Gasteiger partial charge is 0.405 e. The average molecular weight is 278 g/mol. The van der Waals surface area contributed by atoms with Gasteiger partial charge in [0, 0.05) is 12.6 Å². The van der Waals surface area contributed by atoms with Crippen LogP contribution in [-0.4, -0.2) is 27.6 Å². The zero-order valence-electron chi connectivity index (χ0n) is 10.8. The lowest BCUT2D eigenvalue weighted by atomic mass is 10.1. The van der Waals surface area contributed by atoms with E-state index < -0.39 is 0 Å².